The molecular weight excluding hydrogens is 369 g/mol. The standard InChI is InChI=1S/C17H11Cl2NO3S/c1-23-17(22)9-2-5-11(6-3-9)20-16(21)15-14(19)12-7-4-10(18)8-13(12)24-15/h2-8H,1H3,(H,20,21). The molecular formula is C17H11Cl2NO3S. The van der Waals surface area contributed by atoms with E-state index in [2.05, 4.69) is 10.1 Å². The second kappa shape index (κ2) is 6.81. The summed E-state index contributed by atoms with van der Waals surface area (Å²) in [5.41, 5.74) is 0.962. The molecule has 0 saturated carbocycles. The lowest BCUT2D eigenvalue weighted by Gasteiger charge is -2.05. The molecule has 4 nitrogen and oxygen atoms in total. The Labute approximate surface area is 151 Å². The molecule has 2 aromatic carbocycles. The smallest absolute Gasteiger partial charge is 0.337 e. The number of amides is 1. The fraction of sp³-hybridized carbons (Fsp3) is 0.0588. The van der Waals surface area contributed by atoms with Gasteiger partial charge in [0, 0.05) is 20.8 Å². The quantitative estimate of drug-likeness (QED) is 0.632. The molecule has 0 fully saturated rings. The van der Waals surface area contributed by atoms with E-state index in [1.807, 2.05) is 0 Å². The highest BCUT2D eigenvalue weighted by atomic mass is 35.5. The van der Waals surface area contributed by atoms with Crippen LogP contribution in [0.1, 0.15) is 20.0 Å². The van der Waals surface area contributed by atoms with Crippen LogP contribution in [0, 0.1) is 0 Å². The molecule has 1 amide bonds. The fourth-order valence-corrected chi connectivity index (χ4v) is 3.87. The molecule has 0 atom stereocenters. The highest BCUT2D eigenvalue weighted by Crippen LogP contribution is 2.37. The van der Waals surface area contributed by atoms with Crippen LogP contribution in [0.2, 0.25) is 10.0 Å². The molecule has 3 aromatic rings. The minimum Gasteiger partial charge on any atom is -0.465 e. The molecule has 0 aliphatic rings. The first-order valence-electron chi connectivity index (χ1n) is 6.87. The molecule has 0 radical (unpaired) electrons. The molecule has 0 saturated heterocycles. The van der Waals surface area contributed by atoms with E-state index in [1.54, 1.807) is 42.5 Å². The van der Waals surface area contributed by atoms with Gasteiger partial charge in [-0.3, -0.25) is 4.79 Å². The van der Waals surface area contributed by atoms with Crippen molar-refractivity contribution in [3.8, 4) is 0 Å². The molecule has 122 valence electrons. The minimum atomic E-state index is -0.433. The summed E-state index contributed by atoms with van der Waals surface area (Å²) in [6, 6.07) is 11.7. The van der Waals surface area contributed by atoms with Crippen molar-refractivity contribution in [3.63, 3.8) is 0 Å². The highest BCUT2D eigenvalue weighted by Gasteiger charge is 2.17. The molecule has 0 spiro atoms. The van der Waals surface area contributed by atoms with Crippen LogP contribution < -0.4 is 5.32 Å². The van der Waals surface area contributed by atoms with Crippen molar-refractivity contribution >= 4 is 62.2 Å². The number of halogens is 2. The largest absolute Gasteiger partial charge is 0.465 e. The topological polar surface area (TPSA) is 55.4 Å². The number of anilines is 1. The third-order valence-corrected chi connectivity index (χ3v) is 5.25. The van der Waals surface area contributed by atoms with E-state index >= 15 is 0 Å². The zero-order valence-corrected chi connectivity index (χ0v) is 14.8. The lowest BCUT2D eigenvalue weighted by molar-refractivity contribution is 0.0600. The van der Waals surface area contributed by atoms with E-state index in [1.165, 1.54) is 18.4 Å². The molecule has 0 aliphatic heterocycles. The number of carbonyl (C=O) groups is 2. The molecule has 0 unspecified atom stereocenters. The van der Waals surface area contributed by atoms with Crippen LogP contribution in [0.4, 0.5) is 5.69 Å². The van der Waals surface area contributed by atoms with Crippen molar-refractivity contribution < 1.29 is 14.3 Å². The van der Waals surface area contributed by atoms with E-state index in [0.717, 1.165) is 10.1 Å². The Hall–Kier alpha value is -2.08. The fourth-order valence-electron chi connectivity index (χ4n) is 2.18. The van der Waals surface area contributed by atoms with Gasteiger partial charge in [-0.15, -0.1) is 11.3 Å². The number of hydrogen-bond donors (Lipinski definition) is 1. The number of thiophene rings is 1. The third kappa shape index (κ3) is 3.24. The lowest BCUT2D eigenvalue weighted by Crippen LogP contribution is -2.11. The molecule has 0 aliphatic carbocycles. The molecule has 1 heterocycles. The molecule has 3 rings (SSSR count). The number of benzene rings is 2. The van der Waals surface area contributed by atoms with Gasteiger partial charge in [-0.25, -0.2) is 4.79 Å². The van der Waals surface area contributed by atoms with Crippen molar-refractivity contribution in [2.45, 2.75) is 0 Å². The van der Waals surface area contributed by atoms with E-state index < -0.39 is 5.97 Å². The van der Waals surface area contributed by atoms with Crippen LogP contribution in [0.5, 0.6) is 0 Å². The number of rotatable bonds is 3. The van der Waals surface area contributed by atoms with Crippen molar-refractivity contribution in [1.29, 1.82) is 0 Å². The van der Waals surface area contributed by atoms with Crippen molar-refractivity contribution in [2.24, 2.45) is 0 Å². The predicted molar refractivity (Wildman–Crippen MR) is 97.6 cm³/mol. The van der Waals surface area contributed by atoms with E-state index in [4.69, 9.17) is 23.2 Å². The van der Waals surface area contributed by atoms with Crippen LogP contribution >= 0.6 is 34.5 Å². The summed E-state index contributed by atoms with van der Waals surface area (Å²) < 4.78 is 5.48. The number of esters is 1. The number of hydrogen-bond acceptors (Lipinski definition) is 4. The number of fused-ring (bicyclic) bond motifs is 1. The average Bonchev–Trinajstić information content (AvgIpc) is 2.91. The first-order chi connectivity index (χ1) is 11.5. The van der Waals surface area contributed by atoms with Crippen molar-refractivity contribution in [1.82, 2.24) is 0 Å². The Kier molecular flexibility index (Phi) is 4.76. The van der Waals surface area contributed by atoms with Gasteiger partial charge >= 0.3 is 5.97 Å². The van der Waals surface area contributed by atoms with Gasteiger partial charge in [0.25, 0.3) is 5.91 Å². The number of ether oxygens (including phenoxy) is 1. The van der Waals surface area contributed by atoms with Gasteiger partial charge in [-0.05, 0) is 36.4 Å². The molecule has 24 heavy (non-hydrogen) atoms. The SMILES string of the molecule is COC(=O)c1ccc(NC(=O)c2sc3cc(Cl)ccc3c2Cl)cc1. The number of nitrogens with one attached hydrogen (secondary N) is 1. The van der Waals surface area contributed by atoms with E-state index in [-0.39, 0.29) is 5.91 Å². The molecule has 1 N–H and O–H groups in total. The first-order valence-corrected chi connectivity index (χ1v) is 8.44. The van der Waals surface area contributed by atoms with Gasteiger partial charge in [0.2, 0.25) is 0 Å². The van der Waals surface area contributed by atoms with E-state index in [9.17, 15) is 9.59 Å². The normalized spacial score (nSPS) is 10.6. The lowest BCUT2D eigenvalue weighted by atomic mass is 10.2. The maximum atomic E-state index is 12.5. The average molecular weight is 380 g/mol. The van der Waals surface area contributed by atoms with Crippen LogP contribution in [0.25, 0.3) is 10.1 Å². The predicted octanol–water partition coefficient (Wildman–Crippen LogP) is 5.25. The minimum absolute atomic E-state index is 0.317. The summed E-state index contributed by atoms with van der Waals surface area (Å²) in [4.78, 5) is 24.3. The van der Waals surface area contributed by atoms with Crippen LogP contribution in [0.3, 0.4) is 0 Å². The van der Waals surface area contributed by atoms with Gasteiger partial charge in [-0.2, -0.15) is 0 Å². The van der Waals surface area contributed by atoms with Crippen molar-refractivity contribution in [3.05, 3.63) is 63.0 Å². The Balaban J connectivity index is 1.85. The third-order valence-electron chi connectivity index (χ3n) is 3.36. The van der Waals surface area contributed by atoms with Crippen LogP contribution in [-0.2, 0) is 4.74 Å². The summed E-state index contributed by atoms with van der Waals surface area (Å²) in [7, 11) is 1.31. The van der Waals surface area contributed by atoms with Gasteiger partial charge in [0.1, 0.15) is 4.88 Å². The van der Waals surface area contributed by atoms with Crippen LogP contribution in [-0.4, -0.2) is 19.0 Å². The summed E-state index contributed by atoms with van der Waals surface area (Å²) in [6.45, 7) is 0. The van der Waals surface area contributed by atoms with Gasteiger partial charge in [0.15, 0.2) is 0 Å². The van der Waals surface area contributed by atoms with Gasteiger partial charge < -0.3 is 10.1 Å². The first kappa shape index (κ1) is 16.8. The number of methoxy groups -OCH3 is 1. The van der Waals surface area contributed by atoms with Gasteiger partial charge in [-0.1, -0.05) is 29.3 Å². The second-order valence-corrected chi connectivity index (χ2v) is 6.78. The number of carbonyl (C=O) groups excluding carboxylic acids is 2. The zero-order valence-electron chi connectivity index (χ0n) is 12.4. The summed E-state index contributed by atoms with van der Waals surface area (Å²) >= 11 is 13.5. The summed E-state index contributed by atoms with van der Waals surface area (Å²) in [6.07, 6.45) is 0. The molecule has 1 aromatic heterocycles. The zero-order chi connectivity index (χ0) is 17.3. The molecule has 7 heteroatoms. The molecule has 0 bridgehead atoms. The Morgan fingerprint density at radius 2 is 1.79 bits per heavy atom. The van der Waals surface area contributed by atoms with Crippen molar-refractivity contribution in [2.75, 3.05) is 12.4 Å². The van der Waals surface area contributed by atoms with E-state index in [0.29, 0.717) is 26.2 Å². The Morgan fingerprint density at radius 3 is 2.46 bits per heavy atom. The Bertz CT molecular complexity index is 935. The van der Waals surface area contributed by atoms with Crippen LogP contribution in [0.15, 0.2) is 42.5 Å². The summed E-state index contributed by atoms with van der Waals surface area (Å²) in [5, 5.41) is 4.54. The highest BCUT2D eigenvalue weighted by molar-refractivity contribution is 7.21. The maximum Gasteiger partial charge on any atom is 0.337 e. The Morgan fingerprint density at radius 1 is 1.08 bits per heavy atom. The summed E-state index contributed by atoms with van der Waals surface area (Å²) in [5.74, 6) is -0.750. The maximum absolute atomic E-state index is 12.5. The van der Waals surface area contributed by atoms with Gasteiger partial charge in [0.05, 0.1) is 17.7 Å². The second-order valence-electron chi connectivity index (χ2n) is 4.91. The monoisotopic (exact) mass is 379 g/mol.